The van der Waals surface area contributed by atoms with Crippen molar-refractivity contribution in [2.45, 2.75) is 49.2 Å². The van der Waals surface area contributed by atoms with Gasteiger partial charge in [0.2, 0.25) is 0 Å². The topological polar surface area (TPSA) is 247 Å². The van der Waals surface area contributed by atoms with E-state index in [9.17, 15) is 19.3 Å². The number of hydrogen-bond donors (Lipinski definition) is 6. The SMILES string of the molecule is Nc1ncnc2c1ncn2[C@H]1[C@H](O)[C@@H]2O[P@](=O)(S)OC[C@H]3O[C@@H](n4cnc5c(N)ccnc54)[C@H](O[P@](=O)(S)OCC24C[C@H]14)[C@@H]3O. The molecule has 6 N–H and O–H groups in total. The van der Waals surface area contributed by atoms with Gasteiger partial charge in [-0.2, -0.15) is 0 Å². The lowest BCUT2D eigenvalue weighted by Crippen LogP contribution is -2.37. The van der Waals surface area contributed by atoms with Crippen LogP contribution in [0.25, 0.3) is 22.3 Å². The number of nitrogen functional groups attached to an aromatic ring is 2. The molecular formula is C23H27N9O9P2S2. The van der Waals surface area contributed by atoms with Gasteiger partial charge in [-0.3, -0.25) is 18.1 Å². The summed E-state index contributed by atoms with van der Waals surface area (Å²) in [6, 6.07) is 0.910. The zero-order valence-electron chi connectivity index (χ0n) is 23.0. The van der Waals surface area contributed by atoms with Crippen molar-refractivity contribution in [1.82, 2.24) is 34.1 Å². The van der Waals surface area contributed by atoms with Crippen molar-refractivity contribution >= 4 is 71.9 Å². The molecule has 18 nitrogen and oxygen atoms in total. The Bertz CT molecular complexity index is 1930. The van der Waals surface area contributed by atoms with E-state index in [1.165, 1.54) is 29.7 Å². The van der Waals surface area contributed by atoms with Crippen LogP contribution in [-0.4, -0.2) is 88.0 Å². The molecule has 4 aromatic heterocycles. The molecule has 1 unspecified atom stereocenters. The van der Waals surface area contributed by atoms with Gasteiger partial charge in [0.05, 0.1) is 37.6 Å². The second-order valence-corrected chi connectivity index (χ2v) is 17.2. The van der Waals surface area contributed by atoms with Gasteiger partial charge in [0.25, 0.3) is 0 Å². The van der Waals surface area contributed by atoms with Gasteiger partial charge in [0.1, 0.15) is 47.9 Å². The lowest BCUT2D eigenvalue weighted by Gasteiger charge is -2.31. The molecule has 2 saturated carbocycles. The van der Waals surface area contributed by atoms with E-state index >= 15 is 0 Å². The second-order valence-electron chi connectivity index (χ2n) is 11.5. The summed E-state index contributed by atoms with van der Waals surface area (Å²) in [5.74, 6) is -0.162. The Hall–Kier alpha value is -2.35. The lowest BCUT2D eigenvalue weighted by atomic mass is 10.0. The van der Waals surface area contributed by atoms with Gasteiger partial charge in [0.15, 0.2) is 23.3 Å². The van der Waals surface area contributed by atoms with Crippen LogP contribution in [0.2, 0.25) is 0 Å². The first-order valence-electron chi connectivity index (χ1n) is 13.7. The number of nitrogens with two attached hydrogens (primary N) is 2. The minimum absolute atomic E-state index is 0.167. The Kier molecular flexibility index (Phi) is 6.89. The van der Waals surface area contributed by atoms with Crippen LogP contribution in [0.3, 0.4) is 0 Å². The zero-order valence-corrected chi connectivity index (χ0v) is 26.5. The van der Waals surface area contributed by atoms with Crippen LogP contribution in [-0.2, 0) is 32.0 Å². The minimum Gasteiger partial charge on any atom is -0.397 e. The fourth-order valence-corrected chi connectivity index (χ4v) is 9.84. The third-order valence-corrected chi connectivity index (χ3v) is 12.2. The van der Waals surface area contributed by atoms with Gasteiger partial charge in [0, 0.05) is 11.6 Å². The van der Waals surface area contributed by atoms with Gasteiger partial charge >= 0.3 is 13.6 Å². The molecule has 6 heterocycles. The van der Waals surface area contributed by atoms with Crippen molar-refractivity contribution in [1.29, 1.82) is 0 Å². The molecule has 240 valence electrons. The number of rotatable bonds is 2. The molecule has 0 radical (unpaired) electrons. The van der Waals surface area contributed by atoms with E-state index in [0.717, 1.165) is 0 Å². The summed E-state index contributed by atoms with van der Waals surface area (Å²) in [4.78, 5) is 21.1. The molecule has 2 saturated heterocycles. The average Bonchev–Trinajstić information content (AvgIpc) is 3.28. The maximum Gasteiger partial charge on any atom is 0.386 e. The van der Waals surface area contributed by atoms with Crippen LogP contribution in [0.15, 0.2) is 31.2 Å². The van der Waals surface area contributed by atoms with Crippen LogP contribution >= 0.6 is 38.1 Å². The van der Waals surface area contributed by atoms with E-state index in [1.54, 1.807) is 10.6 Å². The molecule has 0 aromatic carbocycles. The molecule has 11 atom stereocenters. The number of aromatic nitrogens is 7. The van der Waals surface area contributed by atoms with Crippen molar-refractivity contribution in [3.05, 3.63) is 31.2 Å². The summed E-state index contributed by atoms with van der Waals surface area (Å²) in [6.07, 6.45) is -1.46. The van der Waals surface area contributed by atoms with Gasteiger partial charge in [-0.05, 0) is 18.4 Å². The number of nitrogens with zero attached hydrogens (tertiary/aromatic N) is 7. The molecule has 2 bridgehead atoms. The van der Waals surface area contributed by atoms with Crippen molar-refractivity contribution in [3.8, 4) is 0 Å². The molecule has 22 heteroatoms. The highest BCUT2D eigenvalue weighted by Gasteiger charge is 2.74. The van der Waals surface area contributed by atoms with Gasteiger partial charge in [-0.25, -0.2) is 34.0 Å². The van der Waals surface area contributed by atoms with Crippen LogP contribution in [0.5, 0.6) is 0 Å². The van der Waals surface area contributed by atoms with Crippen LogP contribution in [0, 0.1) is 11.3 Å². The fraction of sp³-hybridized carbons (Fsp3) is 0.522. The van der Waals surface area contributed by atoms with Gasteiger partial charge < -0.3 is 35.5 Å². The quantitative estimate of drug-likeness (QED) is 0.128. The normalized spacial score (nSPS) is 41.7. The number of imidazole rings is 2. The molecule has 4 fully saturated rings. The van der Waals surface area contributed by atoms with E-state index in [4.69, 9.17) is 34.3 Å². The van der Waals surface area contributed by atoms with Gasteiger partial charge in [-0.15, -0.1) is 0 Å². The van der Waals surface area contributed by atoms with Crippen LogP contribution < -0.4 is 11.5 Å². The molecule has 45 heavy (non-hydrogen) atoms. The van der Waals surface area contributed by atoms with Crippen molar-refractivity contribution in [2.75, 3.05) is 24.7 Å². The number of aliphatic hydroxyl groups is 2. The summed E-state index contributed by atoms with van der Waals surface area (Å²) >= 11 is 8.41. The van der Waals surface area contributed by atoms with E-state index < -0.39 is 68.4 Å². The maximum atomic E-state index is 13.7. The second kappa shape index (κ2) is 10.3. The van der Waals surface area contributed by atoms with Crippen LogP contribution in [0.4, 0.5) is 11.5 Å². The number of thiol groups is 2. The number of fused-ring (bicyclic) bond motifs is 4. The molecule has 2 aliphatic carbocycles. The maximum absolute atomic E-state index is 13.7. The first kappa shape index (κ1) is 30.0. The van der Waals surface area contributed by atoms with E-state index in [2.05, 4.69) is 49.4 Å². The predicted molar refractivity (Wildman–Crippen MR) is 162 cm³/mol. The smallest absolute Gasteiger partial charge is 0.386 e. The third kappa shape index (κ3) is 4.73. The van der Waals surface area contributed by atoms with Crippen LogP contribution in [0.1, 0.15) is 18.7 Å². The number of ether oxygens (including phenoxy) is 1. The highest BCUT2D eigenvalue weighted by molar-refractivity contribution is 8.44. The average molecular weight is 700 g/mol. The molecule has 8 rings (SSSR count). The Morgan fingerprint density at radius 2 is 1.67 bits per heavy atom. The highest BCUT2D eigenvalue weighted by atomic mass is 32.7. The molecule has 1 spiro atoms. The van der Waals surface area contributed by atoms with Crippen molar-refractivity contribution in [3.63, 3.8) is 0 Å². The monoisotopic (exact) mass is 699 g/mol. The number of pyridine rings is 1. The Morgan fingerprint density at radius 3 is 2.49 bits per heavy atom. The first-order chi connectivity index (χ1) is 21.4. The van der Waals surface area contributed by atoms with Crippen molar-refractivity contribution < 1.29 is 42.2 Å². The predicted octanol–water partition coefficient (Wildman–Crippen LogP) is 1.51. The third-order valence-electron chi connectivity index (χ3n) is 9.00. The summed E-state index contributed by atoms with van der Waals surface area (Å²) in [7, 11) is 0. The largest absolute Gasteiger partial charge is 0.397 e. The standard InChI is InChI=1S/C23H27N9O9P2S2/c24-10-1-2-26-20-12(10)29-8-32(20)22-17-15(33)11(39-22)4-37-42(35,44)41-18-16(34)14(9-3-23(9,18)5-38-43(36,45)40-17)31-7-30-13-19(25)27-6-28-21(13)31/h1-2,6-9,11,14-18,22,33-34H,3-5H2,(H2,24,26)(H,35,44)(H,36,45)(H2,25,27,28)/t9-,11-,14-,15-,16+,17-,18+,22-,23?,42-,43-/m1/s1. The fourth-order valence-electron chi connectivity index (χ4n) is 6.82. The Labute approximate surface area is 264 Å². The Balaban J connectivity index is 1.14. The minimum atomic E-state index is -4.23. The summed E-state index contributed by atoms with van der Waals surface area (Å²) in [5.41, 5.74) is 12.8. The van der Waals surface area contributed by atoms with E-state index in [0.29, 0.717) is 34.4 Å². The highest BCUT2D eigenvalue weighted by Crippen LogP contribution is 2.73. The van der Waals surface area contributed by atoms with Crippen molar-refractivity contribution in [2.24, 2.45) is 11.3 Å². The molecule has 0 amide bonds. The lowest BCUT2D eigenvalue weighted by molar-refractivity contribution is -0.0554. The number of anilines is 2. The Morgan fingerprint density at radius 1 is 0.933 bits per heavy atom. The number of aliphatic hydroxyl groups excluding tert-OH is 2. The van der Waals surface area contributed by atoms with E-state index in [1.807, 2.05) is 0 Å². The summed E-state index contributed by atoms with van der Waals surface area (Å²) < 4.78 is 59.7. The molecule has 2 aliphatic heterocycles. The molecule has 4 aliphatic rings. The molecular weight excluding hydrogens is 672 g/mol. The first-order valence-corrected chi connectivity index (χ1v) is 19.1. The zero-order chi connectivity index (χ0) is 31.5. The summed E-state index contributed by atoms with van der Waals surface area (Å²) in [6.45, 7) is -9.19. The van der Waals surface area contributed by atoms with Gasteiger partial charge in [-0.1, -0.05) is 24.5 Å². The van der Waals surface area contributed by atoms with E-state index in [-0.39, 0.29) is 18.3 Å². The number of hydrogen-bond acceptors (Lipinski definition) is 16. The summed E-state index contributed by atoms with van der Waals surface area (Å²) in [5, 5.41) is 22.8. The molecule has 4 aromatic rings.